The fraction of sp³-hybridized carbons (Fsp3) is 0.316. The smallest absolute Gasteiger partial charge is 0.231 e. The standard InChI is InChI=1S/C19H16N4O2S/c1-10-2-4-12-15(6-10)26-19-16(12)18-21-17(22-23(18)8-20-19)11-3-5-13-14(7-11)25-9-24-13/h3,5,7-8,10H,2,4,6,9H2,1H3/t10-/m0/s1. The van der Waals surface area contributed by atoms with E-state index in [2.05, 4.69) is 17.0 Å². The van der Waals surface area contributed by atoms with Gasteiger partial charge in [-0.25, -0.2) is 14.5 Å². The number of nitrogens with zero attached hydrogens (tertiary/aromatic N) is 4. The summed E-state index contributed by atoms with van der Waals surface area (Å²) < 4.78 is 12.7. The molecule has 0 radical (unpaired) electrons. The number of fused-ring (bicyclic) bond motifs is 6. The average molecular weight is 364 g/mol. The van der Waals surface area contributed by atoms with Crippen molar-refractivity contribution in [1.29, 1.82) is 0 Å². The highest BCUT2D eigenvalue weighted by Gasteiger charge is 2.24. The number of aromatic nitrogens is 4. The quantitative estimate of drug-likeness (QED) is 0.513. The molecule has 0 N–H and O–H groups in total. The van der Waals surface area contributed by atoms with E-state index in [9.17, 15) is 0 Å². The van der Waals surface area contributed by atoms with Gasteiger partial charge in [-0.1, -0.05) is 6.92 Å². The van der Waals surface area contributed by atoms with Gasteiger partial charge in [0.25, 0.3) is 0 Å². The molecule has 1 aliphatic heterocycles. The Labute approximate surface area is 153 Å². The van der Waals surface area contributed by atoms with Crippen molar-refractivity contribution in [2.24, 2.45) is 5.92 Å². The molecule has 6 nitrogen and oxygen atoms in total. The van der Waals surface area contributed by atoms with Crippen molar-refractivity contribution in [3.05, 3.63) is 35.0 Å². The molecule has 0 unspecified atom stereocenters. The zero-order valence-corrected chi connectivity index (χ0v) is 15.0. The Balaban J connectivity index is 1.55. The van der Waals surface area contributed by atoms with Crippen LogP contribution in [-0.2, 0) is 12.8 Å². The predicted octanol–water partition coefficient (Wildman–Crippen LogP) is 3.86. The van der Waals surface area contributed by atoms with Crippen LogP contribution in [0.25, 0.3) is 27.3 Å². The number of hydrogen-bond acceptors (Lipinski definition) is 6. The summed E-state index contributed by atoms with van der Waals surface area (Å²) in [4.78, 5) is 12.0. The molecule has 130 valence electrons. The van der Waals surface area contributed by atoms with E-state index >= 15 is 0 Å². The van der Waals surface area contributed by atoms with Crippen molar-refractivity contribution in [3.63, 3.8) is 0 Å². The molecule has 1 aliphatic carbocycles. The van der Waals surface area contributed by atoms with Gasteiger partial charge in [0, 0.05) is 10.4 Å². The van der Waals surface area contributed by atoms with E-state index in [1.807, 2.05) is 29.5 Å². The van der Waals surface area contributed by atoms with Gasteiger partial charge < -0.3 is 9.47 Å². The summed E-state index contributed by atoms with van der Waals surface area (Å²) in [6, 6.07) is 5.81. The molecule has 26 heavy (non-hydrogen) atoms. The van der Waals surface area contributed by atoms with Crippen molar-refractivity contribution in [1.82, 2.24) is 19.6 Å². The summed E-state index contributed by atoms with van der Waals surface area (Å²) in [6.07, 6.45) is 5.24. The van der Waals surface area contributed by atoms with Crippen LogP contribution in [0.2, 0.25) is 0 Å². The molecule has 0 fully saturated rings. The van der Waals surface area contributed by atoms with E-state index in [0.29, 0.717) is 5.82 Å². The van der Waals surface area contributed by atoms with Crippen molar-refractivity contribution in [3.8, 4) is 22.9 Å². The summed E-state index contributed by atoms with van der Waals surface area (Å²) in [7, 11) is 0. The third-order valence-electron chi connectivity index (χ3n) is 5.26. The molecule has 0 bridgehead atoms. The first-order valence-corrected chi connectivity index (χ1v) is 9.63. The number of ether oxygens (including phenoxy) is 2. The Kier molecular flexibility index (Phi) is 2.88. The molecule has 0 spiro atoms. The van der Waals surface area contributed by atoms with Crippen LogP contribution in [0, 0.1) is 5.92 Å². The maximum atomic E-state index is 5.48. The largest absolute Gasteiger partial charge is 0.454 e. The van der Waals surface area contributed by atoms with Crippen LogP contribution in [0.4, 0.5) is 0 Å². The van der Waals surface area contributed by atoms with Gasteiger partial charge >= 0.3 is 0 Å². The van der Waals surface area contributed by atoms with Crippen LogP contribution < -0.4 is 9.47 Å². The molecule has 0 amide bonds. The van der Waals surface area contributed by atoms with E-state index < -0.39 is 0 Å². The minimum Gasteiger partial charge on any atom is -0.454 e. The minimum atomic E-state index is 0.265. The second kappa shape index (κ2) is 5.17. The van der Waals surface area contributed by atoms with Gasteiger partial charge in [0.1, 0.15) is 11.2 Å². The zero-order valence-electron chi connectivity index (χ0n) is 14.2. The first-order valence-electron chi connectivity index (χ1n) is 8.82. The van der Waals surface area contributed by atoms with Crippen molar-refractivity contribution in [2.45, 2.75) is 26.2 Å². The molecule has 4 heterocycles. The van der Waals surface area contributed by atoms with E-state index in [4.69, 9.17) is 14.5 Å². The number of thiophene rings is 1. The molecule has 4 aromatic rings. The highest BCUT2D eigenvalue weighted by atomic mass is 32.1. The average Bonchev–Trinajstić information content (AvgIpc) is 3.35. The second-order valence-electron chi connectivity index (χ2n) is 7.05. The third-order valence-corrected chi connectivity index (χ3v) is 6.43. The van der Waals surface area contributed by atoms with Gasteiger partial charge in [-0.05, 0) is 48.9 Å². The summed E-state index contributed by atoms with van der Waals surface area (Å²) >= 11 is 1.81. The Bertz CT molecular complexity index is 1180. The van der Waals surface area contributed by atoms with E-state index in [1.165, 1.54) is 22.2 Å². The molecule has 6 rings (SSSR count). The van der Waals surface area contributed by atoms with Crippen molar-refractivity contribution >= 4 is 27.2 Å². The first kappa shape index (κ1) is 14.5. The van der Waals surface area contributed by atoms with E-state index in [0.717, 1.165) is 46.3 Å². The molecule has 0 saturated heterocycles. The highest BCUT2D eigenvalue weighted by Crippen LogP contribution is 2.39. The lowest BCUT2D eigenvalue weighted by molar-refractivity contribution is 0.174. The Morgan fingerprint density at radius 1 is 1.23 bits per heavy atom. The molecule has 1 atom stereocenters. The van der Waals surface area contributed by atoms with Gasteiger partial charge in [0.2, 0.25) is 6.79 Å². The highest BCUT2D eigenvalue weighted by molar-refractivity contribution is 7.19. The molecule has 0 saturated carbocycles. The predicted molar refractivity (Wildman–Crippen MR) is 98.9 cm³/mol. The second-order valence-corrected chi connectivity index (χ2v) is 8.13. The maximum Gasteiger partial charge on any atom is 0.231 e. The fourth-order valence-electron chi connectivity index (χ4n) is 3.90. The summed E-state index contributed by atoms with van der Waals surface area (Å²) in [5.74, 6) is 2.93. The molecule has 7 heteroatoms. The van der Waals surface area contributed by atoms with Gasteiger partial charge in [0.05, 0.1) is 5.39 Å². The van der Waals surface area contributed by atoms with Gasteiger partial charge in [0.15, 0.2) is 23.0 Å². The normalized spacial score (nSPS) is 18.6. The minimum absolute atomic E-state index is 0.265. The molecular formula is C19H16N4O2S. The van der Waals surface area contributed by atoms with Crippen LogP contribution in [-0.4, -0.2) is 26.4 Å². The van der Waals surface area contributed by atoms with Crippen LogP contribution in [0.5, 0.6) is 11.5 Å². The molecule has 1 aromatic carbocycles. The van der Waals surface area contributed by atoms with E-state index in [1.54, 1.807) is 10.8 Å². The van der Waals surface area contributed by atoms with Crippen LogP contribution in [0.15, 0.2) is 24.5 Å². The number of benzene rings is 1. The maximum absolute atomic E-state index is 5.48. The Morgan fingerprint density at radius 2 is 2.15 bits per heavy atom. The topological polar surface area (TPSA) is 61.5 Å². The molecule has 2 aliphatic rings. The van der Waals surface area contributed by atoms with Crippen LogP contribution >= 0.6 is 11.3 Å². The molecular weight excluding hydrogens is 348 g/mol. The Hall–Kier alpha value is -2.67. The summed E-state index contributed by atoms with van der Waals surface area (Å²) in [5, 5.41) is 5.83. The van der Waals surface area contributed by atoms with Crippen molar-refractivity contribution in [2.75, 3.05) is 6.79 Å². The number of aryl methyl sites for hydroxylation is 1. The van der Waals surface area contributed by atoms with Crippen LogP contribution in [0.3, 0.4) is 0 Å². The lowest BCUT2D eigenvalue weighted by Gasteiger charge is -2.17. The number of hydrogen-bond donors (Lipinski definition) is 0. The summed E-state index contributed by atoms with van der Waals surface area (Å²) in [6.45, 7) is 2.59. The molecule has 3 aromatic heterocycles. The van der Waals surface area contributed by atoms with Crippen molar-refractivity contribution < 1.29 is 9.47 Å². The SMILES string of the molecule is C[C@H]1CCc2c(sc3ncn4nc(-c5ccc6c(c5)OCO6)nc4c23)C1. The van der Waals surface area contributed by atoms with E-state index in [-0.39, 0.29) is 6.79 Å². The number of rotatable bonds is 1. The monoisotopic (exact) mass is 364 g/mol. The zero-order chi connectivity index (χ0) is 17.3. The van der Waals surface area contributed by atoms with Gasteiger partial charge in [-0.15, -0.1) is 16.4 Å². The summed E-state index contributed by atoms with van der Waals surface area (Å²) in [5.41, 5.74) is 3.24. The fourth-order valence-corrected chi connectivity index (χ4v) is 5.24. The lowest BCUT2D eigenvalue weighted by Crippen LogP contribution is -2.08. The van der Waals surface area contributed by atoms with Crippen LogP contribution in [0.1, 0.15) is 23.8 Å². The Morgan fingerprint density at radius 3 is 3.12 bits per heavy atom. The van der Waals surface area contributed by atoms with Gasteiger partial charge in [-0.2, -0.15) is 0 Å². The lowest BCUT2D eigenvalue weighted by atomic mass is 9.89. The first-order chi connectivity index (χ1) is 12.8. The van der Waals surface area contributed by atoms with Gasteiger partial charge in [-0.3, -0.25) is 0 Å². The third kappa shape index (κ3) is 2.00.